The van der Waals surface area contributed by atoms with Gasteiger partial charge in [0.05, 0.1) is 13.2 Å². The molecule has 0 radical (unpaired) electrons. The molecule has 0 spiro atoms. The van der Waals surface area contributed by atoms with Gasteiger partial charge in [0.1, 0.15) is 6.61 Å². The van der Waals surface area contributed by atoms with Gasteiger partial charge in [0.15, 0.2) is 6.10 Å². The number of hydrogen-bond acceptors (Lipinski definition) is 8. The molecule has 0 saturated heterocycles. The van der Waals surface area contributed by atoms with Crippen LogP contribution in [0.4, 0.5) is 0 Å². The summed E-state index contributed by atoms with van der Waals surface area (Å²) in [5.74, 6) is -0.824. The molecule has 0 aliphatic carbocycles. The second kappa shape index (κ2) is 54.6. The van der Waals surface area contributed by atoms with Crippen molar-refractivity contribution in [3.8, 4) is 0 Å². The Kier molecular flexibility index (Phi) is 53.1. The van der Waals surface area contributed by atoms with Crippen molar-refractivity contribution in [2.75, 3.05) is 26.4 Å². The van der Waals surface area contributed by atoms with E-state index in [9.17, 15) is 19.0 Å². The molecule has 0 heterocycles. The monoisotopic (exact) mass is 980 g/mol. The summed E-state index contributed by atoms with van der Waals surface area (Å²) in [7, 11) is -4.39. The molecule has 68 heavy (non-hydrogen) atoms. The maximum absolute atomic E-state index is 12.7. The molecule has 0 saturated carbocycles. The van der Waals surface area contributed by atoms with Gasteiger partial charge in [-0.25, -0.2) is 4.57 Å². The first kappa shape index (κ1) is 66.2. The molecule has 400 valence electrons. The van der Waals surface area contributed by atoms with Crippen molar-refractivity contribution < 1.29 is 37.6 Å². The number of carbonyl (C=O) groups excluding carboxylic acids is 2. The Morgan fingerprint density at radius 2 is 0.765 bits per heavy atom. The van der Waals surface area contributed by atoms with Crippen LogP contribution in [0.25, 0.3) is 0 Å². The fourth-order valence-corrected chi connectivity index (χ4v) is 9.19. The Balaban J connectivity index is 3.91. The Morgan fingerprint density at radius 1 is 0.441 bits per heavy atom. The SMILES string of the molecule is CCCCCC/C=C\C/C=C\CCCCCCCCCC(=O)OC(COC(=O)CCCCCCCCCCCCCCCCCCC/C=C\CCCCCCCCCC)COP(=O)(O)OCCN. The van der Waals surface area contributed by atoms with Crippen LogP contribution in [0.1, 0.15) is 290 Å². The molecule has 2 unspecified atom stereocenters. The Labute approximate surface area is 420 Å². The van der Waals surface area contributed by atoms with Gasteiger partial charge in [-0.2, -0.15) is 0 Å². The average molecular weight is 980 g/mol. The van der Waals surface area contributed by atoms with E-state index in [2.05, 4.69) is 50.3 Å². The Hall–Kier alpha value is -1.77. The summed E-state index contributed by atoms with van der Waals surface area (Å²) in [6, 6.07) is 0. The number of hydrogen-bond donors (Lipinski definition) is 2. The summed E-state index contributed by atoms with van der Waals surface area (Å²) in [6.45, 7) is 3.76. The molecule has 0 bridgehead atoms. The first-order valence-corrected chi connectivity index (χ1v) is 30.5. The second-order valence-corrected chi connectivity index (χ2v) is 21.0. The van der Waals surface area contributed by atoms with E-state index >= 15 is 0 Å². The van der Waals surface area contributed by atoms with Crippen molar-refractivity contribution >= 4 is 19.8 Å². The van der Waals surface area contributed by atoms with Crippen LogP contribution in [-0.2, 0) is 32.7 Å². The van der Waals surface area contributed by atoms with Crippen molar-refractivity contribution in [2.45, 2.75) is 296 Å². The molecule has 0 aliphatic rings. The standard InChI is InChI=1S/C58H110NO8P/c1-3-5-7-9-11-13-15-17-19-21-23-24-25-26-27-28-29-30-31-32-33-35-36-38-40-42-44-46-48-50-57(60)64-54-56(55-66-68(62,63)65-53-52-59)67-58(61)51-49-47-45-43-41-39-37-34-22-20-18-16-14-12-10-8-6-4-2/h14,16,20-23,56H,3-13,15,17-19,24-55,59H2,1-2H3,(H,62,63)/b16-14-,22-20-,23-21-. The minimum atomic E-state index is -4.39. The highest BCUT2D eigenvalue weighted by molar-refractivity contribution is 7.47. The lowest BCUT2D eigenvalue weighted by molar-refractivity contribution is -0.161. The van der Waals surface area contributed by atoms with Gasteiger partial charge in [-0.3, -0.25) is 18.6 Å². The molecule has 0 aromatic carbocycles. The zero-order valence-electron chi connectivity index (χ0n) is 44.6. The molecule has 10 heteroatoms. The Morgan fingerprint density at radius 3 is 1.15 bits per heavy atom. The molecular formula is C58H110NO8P. The van der Waals surface area contributed by atoms with Crippen molar-refractivity contribution in [1.82, 2.24) is 0 Å². The summed E-state index contributed by atoms with van der Waals surface area (Å²) in [5, 5.41) is 0. The van der Waals surface area contributed by atoms with Gasteiger partial charge in [0, 0.05) is 19.4 Å². The van der Waals surface area contributed by atoms with Crippen LogP contribution in [0.2, 0.25) is 0 Å². The summed E-state index contributed by atoms with van der Waals surface area (Å²) in [6.07, 6.45) is 64.9. The third-order valence-electron chi connectivity index (χ3n) is 12.7. The molecule has 9 nitrogen and oxygen atoms in total. The minimum Gasteiger partial charge on any atom is -0.462 e. The van der Waals surface area contributed by atoms with Crippen LogP contribution in [0, 0.1) is 0 Å². The van der Waals surface area contributed by atoms with Crippen LogP contribution in [0.15, 0.2) is 36.5 Å². The normalized spacial score (nSPS) is 13.3. The first-order chi connectivity index (χ1) is 33.3. The van der Waals surface area contributed by atoms with Gasteiger partial charge in [0.2, 0.25) is 0 Å². The highest BCUT2D eigenvalue weighted by Gasteiger charge is 2.26. The topological polar surface area (TPSA) is 134 Å². The van der Waals surface area contributed by atoms with Crippen LogP contribution >= 0.6 is 7.82 Å². The number of esters is 2. The third kappa shape index (κ3) is 53.6. The quantitative estimate of drug-likeness (QED) is 0.0264. The van der Waals surface area contributed by atoms with Gasteiger partial charge in [-0.05, 0) is 70.6 Å². The molecule has 2 atom stereocenters. The van der Waals surface area contributed by atoms with Gasteiger partial charge < -0.3 is 20.1 Å². The van der Waals surface area contributed by atoms with Crippen molar-refractivity contribution in [2.24, 2.45) is 5.73 Å². The number of rotatable bonds is 55. The number of nitrogens with two attached hydrogens (primary N) is 1. The highest BCUT2D eigenvalue weighted by atomic mass is 31.2. The summed E-state index contributed by atoms with van der Waals surface area (Å²) >= 11 is 0. The highest BCUT2D eigenvalue weighted by Crippen LogP contribution is 2.43. The predicted octanol–water partition coefficient (Wildman–Crippen LogP) is 18.0. The fraction of sp³-hybridized carbons (Fsp3) is 0.862. The fourth-order valence-electron chi connectivity index (χ4n) is 8.43. The lowest BCUT2D eigenvalue weighted by Gasteiger charge is -2.19. The predicted molar refractivity (Wildman–Crippen MR) is 289 cm³/mol. The Bertz CT molecular complexity index is 1210. The van der Waals surface area contributed by atoms with Crippen molar-refractivity contribution in [3.05, 3.63) is 36.5 Å². The van der Waals surface area contributed by atoms with E-state index in [0.717, 1.165) is 51.4 Å². The lowest BCUT2D eigenvalue weighted by atomic mass is 10.0. The number of carbonyl (C=O) groups is 2. The molecule has 0 rings (SSSR count). The summed E-state index contributed by atoms with van der Waals surface area (Å²) in [4.78, 5) is 35.1. The van der Waals surface area contributed by atoms with Gasteiger partial charge in [-0.1, -0.05) is 243 Å². The van der Waals surface area contributed by atoms with E-state index in [1.165, 1.54) is 205 Å². The molecule has 0 amide bonds. The second-order valence-electron chi connectivity index (χ2n) is 19.5. The van der Waals surface area contributed by atoms with Gasteiger partial charge >= 0.3 is 19.8 Å². The zero-order valence-corrected chi connectivity index (χ0v) is 45.5. The van der Waals surface area contributed by atoms with Crippen molar-refractivity contribution in [3.63, 3.8) is 0 Å². The van der Waals surface area contributed by atoms with Crippen LogP contribution in [-0.4, -0.2) is 49.3 Å². The average Bonchev–Trinajstić information content (AvgIpc) is 3.33. The smallest absolute Gasteiger partial charge is 0.462 e. The molecule has 0 aromatic rings. The molecule has 0 aromatic heterocycles. The van der Waals surface area contributed by atoms with Crippen LogP contribution < -0.4 is 5.73 Å². The van der Waals surface area contributed by atoms with E-state index in [1.807, 2.05) is 0 Å². The molecular weight excluding hydrogens is 870 g/mol. The van der Waals surface area contributed by atoms with Crippen LogP contribution in [0.5, 0.6) is 0 Å². The van der Waals surface area contributed by atoms with E-state index < -0.39 is 26.5 Å². The number of ether oxygens (including phenoxy) is 2. The number of allylic oxidation sites excluding steroid dienone is 6. The van der Waals surface area contributed by atoms with Gasteiger partial charge in [0.25, 0.3) is 0 Å². The maximum atomic E-state index is 12.7. The summed E-state index contributed by atoms with van der Waals surface area (Å²) < 4.78 is 33.0. The molecule has 3 N–H and O–H groups in total. The minimum absolute atomic E-state index is 0.0529. The number of phosphoric acid groups is 1. The van der Waals surface area contributed by atoms with E-state index in [4.69, 9.17) is 24.3 Å². The van der Waals surface area contributed by atoms with Crippen molar-refractivity contribution in [1.29, 1.82) is 0 Å². The van der Waals surface area contributed by atoms with E-state index in [1.54, 1.807) is 0 Å². The van der Waals surface area contributed by atoms with Gasteiger partial charge in [-0.15, -0.1) is 0 Å². The first-order valence-electron chi connectivity index (χ1n) is 29.0. The van der Waals surface area contributed by atoms with E-state index in [-0.39, 0.29) is 38.6 Å². The number of phosphoric ester groups is 1. The zero-order chi connectivity index (χ0) is 49.5. The van der Waals surface area contributed by atoms with Crippen LogP contribution in [0.3, 0.4) is 0 Å². The number of unbranched alkanes of at least 4 members (excludes halogenated alkanes) is 36. The third-order valence-corrected chi connectivity index (χ3v) is 13.7. The molecule has 0 aliphatic heterocycles. The maximum Gasteiger partial charge on any atom is 0.472 e. The summed E-state index contributed by atoms with van der Waals surface area (Å²) in [5.41, 5.74) is 5.38. The largest absolute Gasteiger partial charge is 0.472 e. The molecule has 0 fully saturated rings. The lowest BCUT2D eigenvalue weighted by Crippen LogP contribution is -2.29. The van der Waals surface area contributed by atoms with E-state index in [0.29, 0.717) is 6.42 Å².